The Morgan fingerprint density at radius 2 is 1.80 bits per heavy atom. The maximum Gasteiger partial charge on any atom is 0.119 e. The minimum atomic E-state index is -0.703. The normalized spacial score (nSPS) is 11.9. The van der Waals surface area contributed by atoms with Crippen LogP contribution in [0, 0.1) is 0 Å². The minimum Gasteiger partial charge on any atom is -0.494 e. The number of rotatable bonds is 6. The monoisotopic (exact) mass is 292 g/mol. The standard InChI is InChI=1S/C16H17ClO3/c1-2-19-15-5-3-4-12(10-15)16(18)11-20-14-8-6-13(17)7-9-14/h3-10,16,18H,2,11H2,1H3. The highest BCUT2D eigenvalue weighted by atomic mass is 35.5. The van der Waals surface area contributed by atoms with Gasteiger partial charge < -0.3 is 14.6 Å². The van der Waals surface area contributed by atoms with Crippen LogP contribution in [0.2, 0.25) is 5.02 Å². The summed E-state index contributed by atoms with van der Waals surface area (Å²) in [4.78, 5) is 0. The van der Waals surface area contributed by atoms with Crippen LogP contribution in [0.4, 0.5) is 0 Å². The highest BCUT2D eigenvalue weighted by molar-refractivity contribution is 6.30. The highest BCUT2D eigenvalue weighted by Crippen LogP contribution is 2.21. The Balaban J connectivity index is 1.95. The lowest BCUT2D eigenvalue weighted by molar-refractivity contribution is 0.108. The SMILES string of the molecule is CCOc1cccc(C(O)COc2ccc(Cl)cc2)c1. The number of hydrogen-bond donors (Lipinski definition) is 1. The summed E-state index contributed by atoms with van der Waals surface area (Å²) in [6.45, 7) is 2.70. The third kappa shape index (κ3) is 4.15. The summed E-state index contributed by atoms with van der Waals surface area (Å²) in [6.07, 6.45) is -0.703. The van der Waals surface area contributed by atoms with Gasteiger partial charge in [-0.05, 0) is 48.9 Å². The third-order valence-electron chi connectivity index (χ3n) is 2.78. The molecule has 0 fully saturated rings. The summed E-state index contributed by atoms with van der Waals surface area (Å²) in [7, 11) is 0. The zero-order valence-corrected chi connectivity index (χ0v) is 12.0. The first-order valence-electron chi connectivity index (χ1n) is 6.48. The second-order valence-corrected chi connectivity index (χ2v) is 4.72. The van der Waals surface area contributed by atoms with Crippen molar-refractivity contribution in [1.29, 1.82) is 0 Å². The Hall–Kier alpha value is -1.71. The topological polar surface area (TPSA) is 38.7 Å². The van der Waals surface area contributed by atoms with E-state index in [1.807, 2.05) is 31.2 Å². The molecule has 1 atom stereocenters. The Kier molecular flexibility index (Phi) is 5.27. The molecule has 0 amide bonds. The first kappa shape index (κ1) is 14.7. The van der Waals surface area contributed by atoms with Crippen LogP contribution in [0.15, 0.2) is 48.5 Å². The van der Waals surface area contributed by atoms with Crippen molar-refractivity contribution in [2.24, 2.45) is 0 Å². The molecular weight excluding hydrogens is 276 g/mol. The molecule has 0 saturated carbocycles. The summed E-state index contributed by atoms with van der Waals surface area (Å²) in [5.74, 6) is 1.42. The van der Waals surface area contributed by atoms with Gasteiger partial charge in [-0.15, -0.1) is 0 Å². The Morgan fingerprint density at radius 1 is 1.05 bits per heavy atom. The van der Waals surface area contributed by atoms with E-state index >= 15 is 0 Å². The average Bonchev–Trinajstić information content (AvgIpc) is 2.47. The van der Waals surface area contributed by atoms with Gasteiger partial charge in [0.2, 0.25) is 0 Å². The molecule has 3 nitrogen and oxygen atoms in total. The molecule has 106 valence electrons. The molecule has 2 aromatic carbocycles. The molecule has 0 saturated heterocycles. The van der Waals surface area contributed by atoms with Crippen molar-refractivity contribution in [1.82, 2.24) is 0 Å². The quantitative estimate of drug-likeness (QED) is 0.879. The summed E-state index contributed by atoms with van der Waals surface area (Å²) in [6, 6.07) is 14.4. The van der Waals surface area contributed by atoms with Crippen molar-refractivity contribution in [3.05, 3.63) is 59.1 Å². The maximum atomic E-state index is 10.1. The van der Waals surface area contributed by atoms with Gasteiger partial charge in [-0.3, -0.25) is 0 Å². The predicted molar refractivity (Wildman–Crippen MR) is 79.5 cm³/mol. The molecule has 0 bridgehead atoms. The van der Waals surface area contributed by atoms with Crippen LogP contribution < -0.4 is 9.47 Å². The van der Waals surface area contributed by atoms with E-state index in [0.29, 0.717) is 17.4 Å². The van der Waals surface area contributed by atoms with E-state index in [2.05, 4.69) is 0 Å². The van der Waals surface area contributed by atoms with Crippen LogP contribution in [-0.4, -0.2) is 18.3 Å². The van der Waals surface area contributed by atoms with Gasteiger partial charge in [0, 0.05) is 5.02 Å². The van der Waals surface area contributed by atoms with Gasteiger partial charge >= 0.3 is 0 Å². The first-order valence-corrected chi connectivity index (χ1v) is 6.86. The molecule has 2 rings (SSSR count). The first-order chi connectivity index (χ1) is 9.69. The highest BCUT2D eigenvalue weighted by Gasteiger charge is 2.09. The number of benzene rings is 2. The van der Waals surface area contributed by atoms with Crippen LogP contribution in [0.25, 0.3) is 0 Å². The largest absolute Gasteiger partial charge is 0.494 e. The molecule has 1 N–H and O–H groups in total. The van der Waals surface area contributed by atoms with E-state index in [1.54, 1.807) is 24.3 Å². The van der Waals surface area contributed by atoms with Crippen molar-refractivity contribution in [2.45, 2.75) is 13.0 Å². The maximum absolute atomic E-state index is 10.1. The number of aliphatic hydroxyl groups excluding tert-OH is 1. The molecule has 0 aliphatic carbocycles. The van der Waals surface area contributed by atoms with E-state index in [9.17, 15) is 5.11 Å². The fourth-order valence-electron chi connectivity index (χ4n) is 1.78. The van der Waals surface area contributed by atoms with Crippen molar-refractivity contribution in [3.8, 4) is 11.5 Å². The molecule has 0 heterocycles. The van der Waals surface area contributed by atoms with E-state index < -0.39 is 6.10 Å². The Labute approximate surface area is 123 Å². The van der Waals surface area contributed by atoms with Gasteiger partial charge in [-0.1, -0.05) is 23.7 Å². The number of halogens is 1. The van der Waals surface area contributed by atoms with Gasteiger partial charge in [-0.2, -0.15) is 0 Å². The average molecular weight is 293 g/mol. The van der Waals surface area contributed by atoms with Crippen LogP contribution in [0.5, 0.6) is 11.5 Å². The van der Waals surface area contributed by atoms with Crippen LogP contribution in [0.3, 0.4) is 0 Å². The second-order valence-electron chi connectivity index (χ2n) is 4.29. The van der Waals surface area contributed by atoms with E-state index in [0.717, 1.165) is 11.3 Å². The fourth-order valence-corrected chi connectivity index (χ4v) is 1.91. The van der Waals surface area contributed by atoms with Crippen molar-refractivity contribution < 1.29 is 14.6 Å². The number of ether oxygens (including phenoxy) is 2. The van der Waals surface area contributed by atoms with Gasteiger partial charge in [0.15, 0.2) is 0 Å². The van der Waals surface area contributed by atoms with Gasteiger partial charge in [-0.25, -0.2) is 0 Å². The lowest BCUT2D eigenvalue weighted by Gasteiger charge is -2.14. The van der Waals surface area contributed by atoms with E-state index in [4.69, 9.17) is 21.1 Å². The zero-order valence-electron chi connectivity index (χ0n) is 11.3. The fraction of sp³-hybridized carbons (Fsp3) is 0.250. The van der Waals surface area contributed by atoms with Gasteiger partial charge in [0.05, 0.1) is 6.61 Å². The van der Waals surface area contributed by atoms with Crippen LogP contribution >= 0.6 is 11.6 Å². The number of aliphatic hydroxyl groups is 1. The molecule has 0 aromatic heterocycles. The summed E-state index contributed by atoms with van der Waals surface area (Å²) < 4.78 is 10.9. The summed E-state index contributed by atoms with van der Waals surface area (Å²) in [5, 5.41) is 10.8. The summed E-state index contributed by atoms with van der Waals surface area (Å²) in [5.41, 5.74) is 0.768. The molecule has 2 aromatic rings. The zero-order chi connectivity index (χ0) is 14.4. The Morgan fingerprint density at radius 3 is 2.50 bits per heavy atom. The molecule has 0 radical (unpaired) electrons. The lowest BCUT2D eigenvalue weighted by atomic mass is 10.1. The lowest BCUT2D eigenvalue weighted by Crippen LogP contribution is -2.09. The predicted octanol–water partition coefficient (Wildman–Crippen LogP) is 3.85. The summed E-state index contributed by atoms with van der Waals surface area (Å²) >= 11 is 5.80. The molecule has 20 heavy (non-hydrogen) atoms. The van der Waals surface area contributed by atoms with E-state index in [-0.39, 0.29) is 6.61 Å². The van der Waals surface area contributed by atoms with Crippen molar-refractivity contribution in [3.63, 3.8) is 0 Å². The second kappa shape index (κ2) is 7.17. The van der Waals surface area contributed by atoms with Gasteiger partial charge in [0.1, 0.15) is 24.2 Å². The molecule has 0 aliphatic rings. The van der Waals surface area contributed by atoms with Gasteiger partial charge in [0.25, 0.3) is 0 Å². The van der Waals surface area contributed by atoms with Crippen LogP contribution in [0.1, 0.15) is 18.6 Å². The van der Waals surface area contributed by atoms with E-state index in [1.165, 1.54) is 0 Å². The third-order valence-corrected chi connectivity index (χ3v) is 3.03. The van der Waals surface area contributed by atoms with Crippen LogP contribution in [-0.2, 0) is 0 Å². The van der Waals surface area contributed by atoms with Crippen molar-refractivity contribution >= 4 is 11.6 Å². The smallest absolute Gasteiger partial charge is 0.119 e. The molecule has 4 heteroatoms. The molecule has 1 unspecified atom stereocenters. The molecule has 0 aliphatic heterocycles. The minimum absolute atomic E-state index is 0.178. The molecule has 0 spiro atoms. The Bertz CT molecular complexity index is 540. The van der Waals surface area contributed by atoms with Crippen molar-refractivity contribution in [2.75, 3.05) is 13.2 Å². The molecular formula is C16H17ClO3. The number of hydrogen-bond acceptors (Lipinski definition) is 3.